The summed E-state index contributed by atoms with van der Waals surface area (Å²) in [4.78, 5) is 16.4. The molecule has 0 radical (unpaired) electrons. The van der Waals surface area contributed by atoms with Crippen LogP contribution >= 0.6 is 0 Å². The Bertz CT molecular complexity index is 842. The van der Waals surface area contributed by atoms with Gasteiger partial charge in [-0.1, -0.05) is 61.9 Å². The van der Waals surface area contributed by atoms with Gasteiger partial charge in [-0.25, -0.2) is 0 Å². The van der Waals surface area contributed by atoms with Crippen molar-refractivity contribution < 1.29 is 9.53 Å². The number of piperidine rings is 1. The van der Waals surface area contributed by atoms with Crippen molar-refractivity contribution in [2.24, 2.45) is 11.3 Å². The molecule has 0 bridgehead atoms. The van der Waals surface area contributed by atoms with Crippen LogP contribution in [0.5, 0.6) is 0 Å². The van der Waals surface area contributed by atoms with Gasteiger partial charge < -0.3 is 9.64 Å². The van der Waals surface area contributed by atoms with E-state index in [1.165, 1.54) is 12.0 Å². The lowest BCUT2D eigenvalue weighted by Gasteiger charge is -2.72. The van der Waals surface area contributed by atoms with Crippen LogP contribution in [-0.4, -0.2) is 36.6 Å². The van der Waals surface area contributed by atoms with Gasteiger partial charge in [-0.3, -0.25) is 4.79 Å². The van der Waals surface area contributed by atoms with Crippen molar-refractivity contribution in [3.8, 4) is 0 Å². The number of carbonyl (C=O) groups excluding carboxylic acids is 1. The second-order valence-corrected chi connectivity index (χ2v) is 9.46. The van der Waals surface area contributed by atoms with Gasteiger partial charge in [0.1, 0.15) is 11.0 Å². The molecule has 0 aromatic heterocycles. The third kappa shape index (κ3) is 2.23. The van der Waals surface area contributed by atoms with Crippen LogP contribution in [0.4, 0.5) is 0 Å². The standard InChI is InChI=1S/C25H33NO2/c1-18(2)17-21-23(3,4)25(22(27)26-15-9-6-10-16-26)20-12-8-7-11-19(20)13-14-24(21,25)28-5/h7-8,11-14,17,21H,6,9-10,15-16H2,1-5H3. The summed E-state index contributed by atoms with van der Waals surface area (Å²) < 4.78 is 6.32. The minimum absolute atomic E-state index is 0.147. The van der Waals surface area contributed by atoms with Gasteiger partial charge >= 0.3 is 0 Å². The molecule has 150 valence electrons. The molecule has 28 heavy (non-hydrogen) atoms. The Labute approximate surface area is 169 Å². The Hall–Kier alpha value is -1.87. The van der Waals surface area contributed by atoms with Gasteiger partial charge in [0.05, 0.1) is 0 Å². The van der Waals surface area contributed by atoms with Crippen molar-refractivity contribution in [2.45, 2.75) is 58.0 Å². The Morgan fingerprint density at radius 1 is 1.14 bits per heavy atom. The summed E-state index contributed by atoms with van der Waals surface area (Å²) in [7, 11) is 1.78. The van der Waals surface area contributed by atoms with E-state index in [9.17, 15) is 4.79 Å². The maximum Gasteiger partial charge on any atom is 0.237 e. The monoisotopic (exact) mass is 379 g/mol. The first-order chi connectivity index (χ1) is 13.3. The number of nitrogens with zero attached hydrogens (tertiary/aromatic N) is 1. The Balaban J connectivity index is 1.97. The number of amides is 1. The average Bonchev–Trinajstić information content (AvgIpc) is 2.70. The van der Waals surface area contributed by atoms with Crippen LogP contribution in [0.2, 0.25) is 0 Å². The molecule has 1 aliphatic heterocycles. The van der Waals surface area contributed by atoms with Gasteiger partial charge in [0.25, 0.3) is 0 Å². The third-order valence-electron chi connectivity index (χ3n) is 7.47. The molecule has 0 N–H and O–H groups in total. The highest BCUT2D eigenvalue weighted by molar-refractivity contribution is 5.97. The van der Waals surface area contributed by atoms with Gasteiger partial charge in [0.15, 0.2) is 0 Å². The molecule has 1 aromatic carbocycles. The summed E-state index contributed by atoms with van der Waals surface area (Å²) in [6, 6.07) is 8.39. The van der Waals surface area contributed by atoms with Crippen LogP contribution in [0.1, 0.15) is 58.1 Å². The Morgan fingerprint density at radius 2 is 1.82 bits per heavy atom. The van der Waals surface area contributed by atoms with E-state index < -0.39 is 11.0 Å². The molecule has 3 unspecified atom stereocenters. The summed E-state index contributed by atoms with van der Waals surface area (Å²) in [5.74, 6) is 0.391. The molecule has 0 spiro atoms. The zero-order chi connectivity index (χ0) is 20.2. The molecule has 1 amide bonds. The Morgan fingerprint density at radius 3 is 2.46 bits per heavy atom. The van der Waals surface area contributed by atoms with Crippen molar-refractivity contribution >= 4 is 12.0 Å². The number of hydrogen-bond donors (Lipinski definition) is 0. The number of hydrogen-bond acceptors (Lipinski definition) is 2. The highest BCUT2D eigenvalue weighted by Gasteiger charge is 2.80. The summed E-state index contributed by atoms with van der Waals surface area (Å²) in [6.45, 7) is 10.5. The lowest BCUT2D eigenvalue weighted by atomic mass is 9.33. The predicted octanol–water partition coefficient (Wildman–Crippen LogP) is 4.97. The van der Waals surface area contributed by atoms with E-state index in [2.05, 4.69) is 75.1 Å². The summed E-state index contributed by atoms with van der Waals surface area (Å²) in [6.07, 6.45) is 10.0. The summed E-state index contributed by atoms with van der Waals surface area (Å²) in [5.41, 5.74) is 1.93. The van der Waals surface area contributed by atoms with Crippen molar-refractivity contribution in [1.29, 1.82) is 0 Å². The number of likely N-dealkylation sites (tertiary alicyclic amines) is 1. The van der Waals surface area contributed by atoms with E-state index >= 15 is 0 Å². The largest absolute Gasteiger partial charge is 0.372 e. The average molecular weight is 380 g/mol. The van der Waals surface area contributed by atoms with Crippen molar-refractivity contribution in [1.82, 2.24) is 4.90 Å². The predicted molar refractivity (Wildman–Crippen MR) is 114 cm³/mol. The molecular formula is C25H33NO2. The maximum atomic E-state index is 14.3. The lowest BCUT2D eigenvalue weighted by Crippen LogP contribution is -2.82. The molecule has 3 nitrogen and oxygen atoms in total. The first-order valence-electron chi connectivity index (χ1n) is 10.6. The molecule has 1 aromatic rings. The fraction of sp³-hybridized carbons (Fsp3) is 0.560. The van der Waals surface area contributed by atoms with Crippen molar-refractivity contribution in [3.63, 3.8) is 0 Å². The van der Waals surface area contributed by atoms with Gasteiger partial charge in [-0.15, -0.1) is 0 Å². The summed E-state index contributed by atoms with van der Waals surface area (Å²) in [5, 5.41) is 0. The molecule has 1 heterocycles. The fourth-order valence-corrected chi connectivity index (χ4v) is 6.32. The molecular weight excluding hydrogens is 346 g/mol. The normalized spacial score (nSPS) is 32.8. The van der Waals surface area contributed by atoms with E-state index in [1.54, 1.807) is 7.11 Å². The smallest absolute Gasteiger partial charge is 0.237 e. The van der Waals surface area contributed by atoms with E-state index in [0.29, 0.717) is 0 Å². The van der Waals surface area contributed by atoms with Gasteiger partial charge in [-0.2, -0.15) is 0 Å². The number of ether oxygens (including phenoxy) is 1. The van der Waals surface area contributed by atoms with Crippen LogP contribution in [0.3, 0.4) is 0 Å². The van der Waals surface area contributed by atoms with Crippen LogP contribution in [-0.2, 0) is 14.9 Å². The number of methoxy groups -OCH3 is 1. The van der Waals surface area contributed by atoms with Crippen LogP contribution in [0.15, 0.2) is 42.0 Å². The topological polar surface area (TPSA) is 29.5 Å². The number of benzene rings is 1. The quantitative estimate of drug-likeness (QED) is 0.694. The van der Waals surface area contributed by atoms with E-state index in [-0.39, 0.29) is 17.2 Å². The molecule has 1 saturated heterocycles. The molecule has 2 fully saturated rings. The van der Waals surface area contributed by atoms with Crippen LogP contribution in [0, 0.1) is 11.3 Å². The number of fused-ring (bicyclic) bond motifs is 3. The third-order valence-corrected chi connectivity index (χ3v) is 7.47. The minimum atomic E-state index is -0.700. The Kier molecular flexibility index (Phi) is 4.58. The molecule has 4 rings (SSSR count). The zero-order valence-corrected chi connectivity index (χ0v) is 17.9. The van der Waals surface area contributed by atoms with Gasteiger partial charge in [0, 0.05) is 26.1 Å². The second kappa shape index (κ2) is 6.59. The van der Waals surface area contributed by atoms with Crippen molar-refractivity contribution in [2.75, 3.05) is 20.2 Å². The van der Waals surface area contributed by atoms with E-state index in [0.717, 1.165) is 37.1 Å². The van der Waals surface area contributed by atoms with Crippen LogP contribution in [0.25, 0.3) is 6.08 Å². The van der Waals surface area contributed by atoms with E-state index in [1.807, 2.05) is 0 Å². The fourth-order valence-electron chi connectivity index (χ4n) is 6.32. The number of carbonyl (C=O) groups is 1. The summed E-state index contributed by atoms with van der Waals surface area (Å²) >= 11 is 0. The first-order valence-corrected chi connectivity index (χ1v) is 10.6. The maximum absolute atomic E-state index is 14.3. The zero-order valence-electron chi connectivity index (χ0n) is 17.9. The molecule has 2 aliphatic carbocycles. The van der Waals surface area contributed by atoms with Crippen LogP contribution < -0.4 is 0 Å². The van der Waals surface area contributed by atoms with Gasteiger partial charge in [-0.05, 0) is 49.7 Å². The molecule has 3 heteroatoms. The number of allylic oxidation sites excluding steroid dienone is 1. The first kappa shape index (κ1) is 19.4. The van der Waals surface area contributed by atoms with Crippen molar-refractivity contribution in [3.05, 3.63) is 53.1 Å². The highest BCUT2D eigenvalue weighted by atomic mass is 16.5. The minimum Gasteiger partial charge on any atom is -0.372 e. The SMILES string of the molecule is COC12C=Cc3ccccc3C1(C(=O)N1CCCCC1)C(C)(C)C2C=C(C)C. The number of rotatable bonds is 3. The highest BCUT2D eigenvalue weighted by Crippen LogP contribution is 2.72. The molecule has 3 atom stereocenters. The molecule has 1 saturated carbocycles. The van der Waals surface area contributed by atoms with Gasteiger partial charge in [0.2, 0.25) is 5.91 Å². The van der Waals surface area contributed by atoms with E-state index in [4.69, 9.17) is 4.74 Å². The lowest BCUT2D eigenvalue weighted by molar-refractivity contribution is -0.234. The molecule has 3 aliphatic rings. The second-order valence-electron chi connectivity index (χ2n) is 9.46.